The number of phenolic OH excluding ortho intramolecular Hbond substituents is 1. The zero-order valence-electron chi connectivity index (χ0n) is 31.3. The van der Waals surface area contributed by atoms with Crippen LogP contribution in [0, 0.1) is 17.8 Å². The van der Waals surface area contributed by atoms with Crippen molar-refractivity contribution in [3.8, 4) is 11.5 Å². The largest absolute Gasteiger partial charge is 0.508 e. The fourth-order valence-corrected chi connectivity index (χ4v) is 9.00. The van der Waals surface area contributed by atoms with E-state index in [9.17, 15) is 20.1 Å². The number of aromatic hydroxyl groups is 1. The molecule has 6 rings (SSSR count). The topological polar surface area (TPSA) is 130 Å². The van der Waals surface area contributed by atoms with Crippen molar-refractivity contribution >= 4 is 22.6 Å². The number of benzene rings is 3. The monoisotopic (exact) mass is 738 g/mol. The SMILES string of the molecule is C=CCCOC(=O)N(Cc1cccc2ccccc12)[C@H]1CC(=NOC)C2=C[C@H](CCCCO)[C@@H](CCCCO)[C@@H]3c4cc(O)ccc4O[C@@]1(OCC=C)[C@H]23. The predicted octanol–water partition coefficient (Wildman–Crippen LogP) is 8.02. The molecule has 0 aromatic heterocycles. The predicted molar refractivity (Wildman–Crippen MR) is 209 cm³/mol. The van der Waals surface area contributed by atoms with Crippen LogP contribution >= 0.6 is 0 Å². The van der Waals surface area contributed by atoms with Crippen LogP contribution in [0.15, 0.2) is 103 Å². The number of aliphatic hydroxyl groups excluding tert-OH is 2. The van der Waals surface area contributed by atoms with E-state index in [1.165, 1.54) is 7.11 Å². The molecule has 3 N–H and O–H groups in total. The first-order chi connectivity index (χ1) is 26.4. The molecule has 0 saturated heterocycles. The van der Waals surface area contributed by atoms with Gasteiger partial charge < -0.3 is 34.4 Å². The number of oxime groups is 1. The van der Waals surface area contributed by atoms with E-state index in [1.807, 2.05) is 24.3 Å². The molecular weight excluding hydrogens is 684 g/mol. The van der Waals surface area contributed by atoms with E-state index < -0.39 is 23.8 Å². The Hall–Kier alpha value is -4.64. The van der Waals surface area contributed by atoms with Gasteiger partial charge in [0.1, 0.15) is 24.7 Å². The highest BCUT2D eigenvalue weighted by atomic mass is 16.7. The number of phenols is 1. The summed E-state index contributed by atoms with van der Waals surface area (Å²) in [5, 5.41) is 37.2. The normalized spacial score (nSPS) is 24.8. The summed E-state index contributed by atoms with van der Waals surface area (Å²) in [6, 6.07) is 18.6. The second-order valence-electron chi connectivity index (χ2n) is 14.4. The first-order valence-corrected chi connectivity index (χ1v) is 19.2. The van der Waals surface area contributed by atoms with Crippen molar-refractivity contribution in [3.63, 3.8) is 0 Å². The van der Waals surface area contributed by atoms with Gasteiger partial charge in [-0.3, -0.25) is 4.90 Å². The number of aliphatic hydroxyl groups is 2. The van der Waals surface area contributed by atoms with Crippen molar-refractivity contribution in [1.82, 2.24) is 4.90 Å². The fourth-order valence-electron chi connectivity index (χ4n) is 9.00. The van der Waals surface area contributed by atoms with Gasteiger partial charge in [0.2, 0.25) is 5.79 Å². The standard InChI is InChI=1S/C44H54N2O8/c1-4-6-25-52-43(50)46(29-32-17-13-16-30-14-7-8-18-34(30)32)40-28-38(45-51-3)36-26-31(15-9-11-22-47)35(19-10-12-23-48)41-37-27-33(49)20-21-39(37)54-44(40,42(36)41)53-24-5-2/h4-5,7-8,13-14,16-18,20-21,26-27,31,35,40-42,47-49H,1-2,6,9-12,15,19,22-25,28-29H2,3H3/t31-,35+,40-,41+,42+,44+/m0/s1. The number of amides is 1. The van der Waals surface area contributed by atoms with Crippen LogP contribution in [0.3, 0.4) is 0 Å². The van der Waals surface area contributed by atoms with E-state index in [1.54, 1.807) is 35.3 Å². The van der Waals surface area contributed by atoms with Gasteiger partial charge in [0, 0.05) is 31.1 Å². The molecule has 6 atom stereocenters. The molecule has 1 saturated carbocycles. The molecule has 10 heteroatoms. The number of carbonyl (C=O) groups excluding carboxylic acids is 1. The van der Waals surface area contributed by atoms with E-state index in [0.29, 0.717) is 30.7 Å². The van der Waals surface area contributed by atoms with Gasteiger partial charge in [-0.15, -0.1) is 13.2 Å². The zero-order chi connectivity index (χ0) is 38.1. The highest BCUT2D eigenvalue weighted by molar-refractivity contribution is 6.03. The van der Waals surface area contributed by atoms with Gasteiger partial charge in [0.05, 0.1) is 31.4 Å². The Morgan fingerprint density at radius 3 is 2.56 bits per heavy atom. The summed E-state index contributed by atoms with van der Waals surface area (Å²) in [5.41, 5.74) is 3.40. The van der Waals surface area contributed by atoms with Crippen molar-refractivity contribution in [2.45, 2.75) is 75.7 Å². The van der Waals surface area contributed by atoms with Crippen LogP contribution in [0.1, 0.15) is 68.4 Å². The first kappa shape index (κ1) is 39.1. The Bertz CT molecular complexity index is 1830. The third-order valence-corrected chi connectivity index (χ3v) is 11.2. The van der Waals surface area contributed by atoms with Crippen LogP contribution < -0.4 is 4.74 Å². The minimum absolute atomic E-state index is 0.0498. The minimum atomic E-state index is -1.44. The number of hydrogen-bond acceptors (Lipinski definition) is 9. The van der Waals surface area contributed by atoms with Gasteiger partial charge in [0.15, 0.2) is 0 Å². The molecule has 2 aliphatic carbocycles. The van der Waals surface area contributed by atoms with Gasteiger partial charge in [-0.25, -0.2) is 4.79 Å². The molecular formula is C44H54N2O8. The molecule has 3 aliphatic rings. The quantitative estimate of drug-likeness (QED) is 0.0680. The molecule has 1 aliphatic heterocycles. The summed E-state index contributed by atoms with van der Waals surface area (Å²) in [6.07, 6.45) is 10.5. The molecule has 54 heavy (non-hydrogen) atoms. The average molecular weight is 739 g/mol. The molecule has 0 unspecified atom stereocenters. The van der Waals surface area contributed by atoms with E-state index in [-0.39, 0.29) is 62.9 Å². The highest BCUT2D eigenvalue weighted by Crippen LogP contribution is 2.62. The number of unbranched alkanes of at least 4 members (excludes halogenated alkanes) is 2. The maximum atomic E-state index is 14.6. The van der Waals surface area contributed by atoms with Crippen molar-refractivity contribution in [1.29, 1.82) is 0 Å². The molecule has 1 fully saturated rings. The van der Waals surface area contributed by atoms with Crippen molar-refractivity contribution < 1.29 is 39.2 Å². The lowest BCUT2D eigenvalue weighted by Gasteiger charge is -2.59. The Kier molecular flexibility index (Phi) is 13.1. The van der Waals surface area contributed by atoms with E-state index >= 15 is 0 Å². The lowest BCUT2D eigenvalue weighted by molar-refractivity contribution is -0.256. The number of allylic oxidation sites excluding steroid dienone is 1. The van der Waals surface area contributed by atoms with Crippen LogP contribution in [0.25, 0.3) is 10.8 Å². The molecule has 3 aromatic rings. The van der Waals surface area contributed by atoms with Crippen molar-refractivity contribution in [2.24, 2.45) is 22.9 Å². The van der Waals surface area contributed by atoms with Crippen LogP contribution in [0.2, 0.25) is 0 Å². The zero-order valence-corrected chi connectivity index (χ0v) is 31.3. The number of rotatable bonds is 18. The summed E-state index contributed by atoms with van der Waals surface area (Å²) in [7, 11) is 1.53. The lowest BCUT2D eigenvalue weighted by atomic mass is 9.55. The Morgan fingerprint density at radius 2 is 1.80 bits per heavy atom. The molecule has 0 bridgehead atoms. The van der Waals surface area contributed by atoms with E-state index in [0.717, 1.165) is 53.2 Å². The molecule has 0 radical (unpaired) electrons. The molecule has 10 nitrogen and oxygen atoms in total. The lowest BCUT2D eigenvalue weighted by Crippen LogP contribution is -2.70. The van der Waals surface area contributed by atoms with Gasteiger partial charge >= 0.3 is 6.09 Å². The van der Waals surface area contributed by atoms with Crippen LogP contribution in [-0.4, -0.2) is 77.4 Å². The number of fused-ring (bicyclic) bond motifs is 3. The Labute approximate surface area is 318 Å². The number of ether oxygens (including phenoxy) is 3. The maximum Gasteiger partial charge on any atom is 0.410 e. The van der Waals surface area contributed by atoms with Crippen molar-refractivity contribution in [2.75, 3.05) is 33.5 Å². The van der Waals surface area contributed by atoms with E-state index in [4.69, 9.17) is 19.0 Å². The number of nitrogens with zero attached hydrogens (tertiary/aromatic N) is 2. The van der Waals surface area contributed by atoms with Crippen LogP contribution in [-0.2, 0) is 20.9 Å². The molecule has 1 amide bonds. The minimum Gasteiger partial charge on any atom is -0.508 e. The van der Waals surface area contributed by atoms with E-state index in [2.05, 4.69) is 42.6 Å². The Morgan fingerprint density at radius 1 is 1.02 bits per heavy atom. The molecule has 1 heterocycles. The third-order valence-electron chi connectivity index (χ3n) is 11.2. The second-order valence-corrected chi connectivity index (χ2v) is 14.4. The smallest absolute Gasteiger partial charge is 0.410 e. The second kappa shape index (κ2) is 18.1. The van der Waals surface area contributed by atoms with Crippen LogP contribution in [0.4, 0.5) is 4.79 Å². The maximum absolute atomic E-state index is 14.6. The van der Waals surface area contributed by atoms with Gasteiger partial charge in [-0.1, -0.05) is 78.7 Å². The summed E-state index contributed by atoms with van der Waals surface area (Å²) < 4.78 is 20.2. The molecule has 3 aromatic carbocycles. The number of carbonyl (C=O) groups is 1. The molecule has 0 spiro atoms. The first-order valence-electron chi connectivity index (χ1n) is 19.2. The fraction of sp³-hybridized carbons (Fsp3) is 0.455. The third kappa shape index (κ3) is 7.92. The van der Waals surface area contributed by atoms with Gasteiger partial charge in [-0.05, 0) is 84.0 Å². The summed E-state index contributed by atoms with van der Waals surface area (Å²) in [6.45, 7) is 8.51. The average Bonchev–Trinajstić information content (AvgIpc) is 3.18. The summed E-state index contributed by atoms with van der Waals surface area (Å²) in [4.78, 5) is 21.8. The number of hydrogen-bond donors (Lipinski definition) is 3. The molecule has 288 valence electrons. The van der Waals surface area contributed by atoms with Gasteiger partial charge in [-0.2, -0.15) is 0 Å². The Balaban J connectivity index is 1.59. The summed E-state index contributed by atoms with van der Waals surface area (Å²) >= 11 is 0. The van der Waals surface area contributed by atoms with Crippen molar-refractivity contribution in [3.05, 3.63) is 109 Å². The van der Waals surface area contributed by atoms with Gasteiger partial charge in [0.25, 0.3) is 0 Å². The van der Waals surface area contributed by atoms with Crippen LogP contribution in [0.5, 0.6) is 11.5 Å². The summed E-state index contributed by atoms with van der Waals surface area (Å²) in [5.74, 6) is -1.31. The highest BCUT2D eigenvalue weighted by Gasteiger charge is 2.65.